The molecular weight excluding hydrogens is 653 g/mol. The maximum absolute atomic E-state index is 14.2. The van der Waals surface area contributed by atoms with E-state index in [0.29, 0.717) is 12.1 Å². The molecule has 4 rings (SSSR count). The van der Waals surface area contributed by atoms with Gasteiger partial charge in [0, 0.05) is 51.8 Å². The number of ether oxygens (including phenoxy) is 1. The number of likely N-dealkylation sites (tertiary alicyclic amines) is 1. The lowest BCUT2D eigenvalue weighted by molar-refractivity contribution is -0.387. The zero-order valence-electron chi connectivity index (χ0n) is 24.2. The van der Waals surface area contributed by atoms with Crippen molar-refractivity contribution in [3.63, 3.8) is 0 Å². The number of piperazine rings is 1. The molecule has 2 heterocycles. The fourth-order valence-electron chi connectivity index (χ4n) is 5.73. The number of benzene rings is 2. The van der Waals surface area contributed by atoms with Crippen molar-refractivity contribution in [2.24, 2.45) is 5.73 Å². The number of nitrogens with zero attached hydrogens (tertiary/aromatic N) is 3. The molecule has 10 nitrogen and oxygen atoms in total. The van der Waals surface area contributed by atoms with Crippen LogP contribution in [-0.2, 0) is 34.5 Å². The highest BCUT2D eigenvalue weighted by Gasteiger charge is 2.73. The summed E-state index contributed by atoms with van der Waals surface area (Å²) in [7, 11) is -4.58. The Morgan fingerprint density at radius 3 is 1.83 bits per heavy atom. The third-order valence-corrected chi connectivity index (χ3v) is 10.7. The second-order valence-corrected chi connectivity index (χ2v) is 13.2. The number of hydrogen-bond acceptors (Lipinski definition) is 6. The zero-order chi connectivity index (χ0) is 34.3. The van der Waals surface area contributed by atoms with Crippen molar-refractivity contribution in [2.45, 2.75) is 40.9 Å². The molecule has 0 aromatic heterocycles. The Hall–Kier alpha value is -3.93. The summed E-state index contributed by atoms with van der Waals surface area (Å²) in [6.07, 6.45) is -12.6. The van der Waals surface area contributed by atoms with E-state index in [1.54, 1.807) is 0 Å². The summed E-state index contributed by atoms with van der Waals surface area (Å²) in [4.78, 5) is 40.0. The summed E-state index contributed by atoms with van der Waals surface area (Å²) >= 11 is 0. The summed E-state index contributed by atoms with van der Waals surface area (Å²) in [5.41, 5.74) is -1.96. The number of amides is 4. The van der Waals surface area contributed by atoms with E-state index in [9.17, 15) is 53.5 Å². The summed E-state index contributed by atoms with van der Waals surface area (Å²) in [6, 6.07) is 5.38. The molecule has 252 valence electrons. The predicted molar refractivity (Wildman–Crippen MR) is 146 cm³/mol. The normalized spacial score (nSPS) is 19.8. The maximum atomic E-state index is 14.2. The van der Waals surface area contributed by atoms with Crippen LogP contribution in [0.4, 0.5) is 35.5 Å². The number of sulfone groups is 1. The van der Waals surface area contributed by atoms with Gasteiger partial charge in [0.2, 0.25) is 11.8 Å². The third-order valence-electron chi connectivity index (χ3n) is 8.18. The number of urea groups is 1. The van der Waals surface area contributed by atoms with E-state index in [0.717, 1.165) is 36.4 Å². The molecule has 0 radical (unpaired) electrons. The Balaban J connectivity index is 1.78. The highest BCUT2D eigenvalue weighted by atomic mass is 32.2. The first-order valence-electron chi connectivity index (χ1n) is 13.7. The predicted octanol–water partition coefficient (Wildman–Crippen LogP) is 3.31. The van der Waals surface area contributed by atoms with E-state index >= 15 is 0 Å². The highest BCUT2D eigenvalue weighted by molar-refractivity contribution is 7.92. The third kappa shape index (κ3) is 6.11. The van der Waals surface area contributed by atoms with Gasteiger partial charge in [-0.15, -0.1) is 0 Å². The molecule has 0 saturated carbocycles. The second kappa shape index (κ2) is 12.4. The topological polar surface area (TPSA) is 130 Å². The van der Waals surface area contributed by atoms with Gasteiger partial charge in [-0.25, -0.2) is 17.6 Å². The van der Waals surface area contributed by atoms with E-state index in [2.05, 4.69) is 4.74 Å². The Morgan fingerprint density at radius 1 is 0.826 bits per heavy atom. The maximum Gasteiger partial charge on any atom is 0.430 e. The number of nitrogens with two attached hydrogens (primary N) is 1. The fourth-order valence-corrected chi connectivity index (χ4v) is 7.81. The largest absolute Gasteiger partial charge is 0.430 e. The van der Waals surface area contributed by atoms with Crippen molar-refractivity contribution in [3.05, 3.63) is 65.5 Å². The van der Waals surface area contributed by atoms with Crippen LogP contribution in [0.1, 0.15) is 24.5 Å². The number of rotatable bonds is 7. The summed E-state index contributed by atoms with van der Waals surface area (Å²) in [6.45, 7) is -0.324. The van der Waals surface area contributed by atoms with Gasteiger partial charge in [0.25, 0.3) is 5.60 Å². The minimum atomic E-state index is -6.14. The van der Waals surface area contributed by atoms with Crippen LogP contribution in [0.25, 0.3) is 0 Å². The van der Waals surface area contributed by atoms with Crippen molar-refractivity contribution < 1.29 is 58.3 Å². The van der Waals surface area contributed by atoms with Crippen molar-refractivity contribution in [1.29, 1.82) is 0 Å². The molecular formula is C28H29F7N4O6S. The second-order valence-electron chi connectivity index (χ2n) is 10.9. The molecule has 0 spiro atoms. The Morgan fingerprint density at radius 2 is 1.35 bits per heavy atom. The Labute approximate surface area is 258 Å². The molecule has 2 N–H and O–H groups in total. The minimum absolute atomic E-state index is 0.142. The van der Waals surface area contributed by atoms with Gasteiger partial charge in [0.15, 0.2) is 9.84 Å². The van der Waals surface area contributed by atoms with Gasteiger partial charge in [-0.1, -0.05) is 24.3 Å². The van der Waals surface area contributed by atoms with E-state index in [1.165, 1.54) is 21.6 Å². The molecule has 18 heteroatoms. The number of alkyl halides is 6. The van der Waals surface area contributed by atoms with Gasteiger partial charge in [0.05, 0.1) is 4.90 Å². The van der Waals surface area contributed by atoms with Gasteiger partial charge in [-0.2, -0.15) is 26.3 Å². The molecule has 2 aromatic carbocycles. The average Bonchev–Trinajstić information content (AvgIpc) is 3.43. The van der Waals surface area contributed by atoms with Gasteiger partial charge in [-0.3, -0.25) is 9.59 Å². The lowest BCUT2D eigenvalue weighted by Crippen LogP contribution is -2.56. The first kappa shape index (κ1) is 34.9. The number of carbonyl (C=O) groups is 3. The lowest BCUT2D eigenvalue weighted by atomic mass is 9.88. The molecule has 2 fully saturated rings. The van der Waals surface area contributed by atoms with Crippen LogP contribution in [0.2, 0.25) is 0 Å². The van der Waals surface area contributed by atoms with Crippen molar-refractivity contribution in [3.8, 4) is 0 Å². The molecule has 4 amide bonds. The van der Waals surface area contributed by atoms with Gasteiger partial charge in [-0.05, 0) is 36.2 Å². The highest BCUT2D eigenvalue weighted by Crippen LogP contribution is 2.53. The van der Waals surface area contributed by atoms with Crippen molar-refractivity contribution in [1.82, 2.24) is 14.7 Å². The standard InChI is InChI=1S/C28H29F7N4O6S/c1-18(40)37-12-14-38(15-13-37)24(42)39-11-10-25(17-39,46(43,44)22-8-6-21(29)7-9-22)19-2-4-20(5-3-19)26(27(30,31)32,28(33,34)35)45-16-23(36)41/h2-9H,10-17H2,1H3,(H2,36,41)/t25-/m0/s1. The Kier molecular flexibility index (Phi) is 9.38. The van der Waals surface area contributed by atoms with E-state index in [-0.39, 0.29) is 50.6 Å². The molecule has 2 saturated heterocycles. The van der Waals surface area contributed by atoms with Crippen LogP contribution in [0.3, 0.4) is 0 Å². The average molecular weight is 683 g/mol. The lowest BCUT2D eigenvalue weighted by Gasteiger charge is -2.38. The quantitative estimate of drug-likeness (QED) is 0.353. The van der Waals surface area contributed by atoms with Crippen LogP contribution in [0.5, 0.6) is 0 Å². The van der Waals surface area contributed by atoms with E-state index in [1.807, 2.05) is 0 Å². The minimum Gasteiger partial charge on any atom is -0.368 e. The first-order chi connectivity index (χ1) is 21.3. The summed E-state index contributed by atoms with van der Waals surface area (Å²) < 4.78 is 129. The fraction of sp³-hybridized carbons (Fsp3) is 0.464. The number of primary amides is 1. The SMILES string of the molecule is CC(=O)N1CCN(C(=O)N2CC[C@](c3ccc(C(OCC(N)=O)(C(F)(F)F)C(F)(F)F)cc3)(S(=O)(=O)c3ccc(F)cc3)C2)CC1. The van der Waals surface area contributed by atoms with Crippen LogP contribution in [0, 0.1) is 5.82 Å². The molecule has 0 unspecified atom stereocenters. The summed E-state index contributed by atoms with van der Waals surface area (Å²) in [5.74, 6) is -2.56. The van der Waals surface area contributed by atoms with Crippen LogP contribution < -0.4 is 5.73 Å². The molecule has 2 aliphatic rings. The van der Waals surface area contributed by atoms with Crippen LogP contribution in [0.15, 0.2) is 53.4 Å². The van der Waals surface area contributed by atoms with Gasteiger partial charge in [0.1, 0.15) is 17.2 Å². The number of carbonyl (C=O) groups excluding carboxylic acids is 3. The smallest absolute Gasteiger partial charge is 0.368 e. The van der Waals surface area contributed by atoms with E-state index in [4.69, 9.17) is 5.73 Å². The van der Waals surface area contributed by atoms with E-state index < -0.39 is 73.9 Å². The zero-order valence-corrected chi connectivity index (χ0v) is 25.0. The van der Waals surface area contributed by atoms with Crippen LogP contribution in [-0.4, -0.2) is 99.2 Å². The number of hydrogen-bond donors (Lipinski definition) is 1. The monoisotopic (exact) mass is 682 g/mol. The van der Waals surface area contributed by atoms with Crippen molar-refractivity contribution >= 4 is 27.7 Å². The Bertz CT molecular complexity index is 1560. The number of halogens is 7. The summed E-state index contributed by atoms with van der Waals surface area (Å²) in [5, 5.41) is 0. The molecule has 2 aromatic rings. The van der Waals surface area contributed by atoms with Crippen LogP contribution >= 0.6 is 0 Å². The van der Waals surface area contributed by atoms with Gasteiger partial charge < -0.3 is 25.2 Å². The molecule has 0 aliphatic carbocycles. The molecule has 2 aliphatic heterocycles. The molecule has 0 bridgehead atoms. The van der Waals surface area contributed by atoms with Gasteiger partial charge >= 0.3 is 18.4 Å². The first-order valence-corrected chi connectivity index (χ1v) is 15.2. The molecule has 1 atom stereocenters. The van der Waals surface area contributed by atoms with Crippen molar-refractivity contribution in [2.75, 3.05) is 45.9 Å². The molecule has 46 heavy (non-hydrogen) atoms.